The summed E-state index contributed by atoms with van der Waals surface area (Å²) in [6.45, 7) is 8.09. The number of nitrogens with one attached hydrogen (secondary N) is 2. The lowest BCUT2D eigenvalue weighted by Crippen LogP contribution is -2.44. The Kier molecular flexibility index (Phi) is 11.3. The molecule has 0 saturated carbocycles. The number of benzene rings is 1. The van der Waals surface area contributed by atoms with Crippen molar-refractivity contribution in [1.29, 1.82) is 0 Å². The molecule has 2 rings (SSSR count). The summed E-state index contributed by atoms with van der Waals surface area (Å²) >= 11 is 0. The minimum atomic E-state index is -0.480. The molecule has 1 heterocycles. The van der Waals surface area contributed by atoms with Crippen molar-refractivity contribution < 1.29 is 14.3 Å². The van der Waals surface area contributed by atoms with Crippen LogP contribution in [0.5, 0.6) is 5.75 Å². The summed E-state index contributed by atoms with van der Waals surface area (Å²) in [6.07, 6.45) is 3.76. The Morgan fingerprint density at radius 3 is 2.53 bits per heavy atom. The number of rotatable bonds is 7. The van der Waals surface area contributed by atoms with Crippen molar-refractivity contribution in [2.45, 2.75) is 58.1 Å². The van der Waals surface area contributed by atoms with Crippen LogP contribution in [0.25, 0.3) is 0 Å². The van der Waals surface area contributed by atoms with Gasteiger partial charge in [0, 0.05) is 26.7 Å². The number of aryl methyl sites for hydroxylation is 1. The Balaban J connectivity index is 0.00000450. The zero-order valence-electron chi connectivity index (χ0n) is 18.9. The van der Waals surface area contributed by atoms with Crippen molar-refractivity contribution in [2.75, 3.05) is 33.8 Å². The number of likely N-dealkylation sites (tertiary alicyclic amines) is 1. The summed E-state index contributed by atoms with van der Waals surface area (Å²) in [6, 6.07) is 8.33. The van der Waals surface area contributed by atoms with Crippen LogP contribution in [0.2, 0.25) is 0 Å². The molecule has 1 amide bonds. The van der Waals surface area contributed by atoms with E-state index in [9.17, 15) is 4.79 Å². The maximum atomic E-state index is 12.0. The first-order chi connectivity index (χ1) is 13.8. The predicted octanol–water partition coefficient (Wildman–Crippen LogP) is 3.81. The van der Waals surface area contributed by atoms with E-state index in [-0.39, 0.29) is 36.1 Å². The summed E-state index contributed by atoms with van der Waals surface area (Å²) < 4.78 is 10.5. The smallest absolute Gasteiger partial charge is 0.407 e. The average molecular weight is 532 g/mol. The number of carbonyl (C=O) groups is 1. The van der Waals surface area contributed by atoms with Gasteiger partial charge in [-0.1, -0.05) is 12.1 Å². The number of halogens is 1. The number of ether oxygens (including phenoxy) is 2. The highest BCUT2D eigenvalue weighted by molar-refractivity contribution is 14.0. The van der Waals surface area contributed by atoms with Crippen molar-refractivity contribution in [1.82, 2.24) is 15.5 Å². The van der Waals surface area contributed by atoms with Crippen molar-refractivity contribution >= 4 is 36.0 Å². The topological polar surface area (TPSA) is 75.2 Å². The minimum Gasteiger partial charge on any atom is -0.497 e. The van der Waals surface area contributed by atoms with Crippen molar-refractivity contribution in [3.05, 3.63) is 29.8 Å². The molecule has 1 aliphatic rings. The predicted molar refractivity (Wildman–Crippen MR) is 132 cm³/mol. The van der Waals surface area contributed by atoms with Crippen LogP contribution in [0.15, 0.2) is 29.3 Å². The third kappa shape index (κ3) is 9.40. The molecule has 170 valence electrons. The van der Waals surface area contributed by atoms with E-state index in [1.54, 1.807) is 14.2 Å². The number of nitrogens with zero attached hydrogens (tertiary/aromatic N) is 2. The second-order valence-electron chi connectivity index (χ2n) is 8.36. The molecule has 0 spiro atoms. The van der Waals surface area contributed by atoms with Gasteiger partial charge in [0.2, 0.25) is 0 Å². The molecule has 7 nitrogen and oxygen atoms in total. The maximum Gasteiger partial charge on any atom is 0.407 e. The molecule has 1 aromatic rings. The van der Waals surface area contributed by atoms with Crippen molar-refractivity contribution in [3.8, 4) is 5.75 Å². The maximum absolute atomic E-state index is 12.0. The zero-order valence-corrected chi connectivity index (χ0v) is 21.2. The minimum absolute atomic E-state index is 0. The number of aliphatic imine (C=N–C) groups is 1. The number of guanidine groups is 1. The number of hydrogen-bond donors (Lipinski definition) is 2. The van der Waals surface area contributed by atoms with E-state index in [1.165, 1.54) is 5.56 Å². The largest absolute Gasteiger partial charge is 0.497 e. The zero-order chi connectivity index (χ0) is 21.3. The van der Waals surface area contributed by atoms with Crippen molar-refractivity contribution in [3.63, 3.8) is 0 Å². The van der Waals surface area contributed by atoms with E-state index < -0.39 is 5.60 Å². The third-order valence-corrected chi connectivity index (χ3v) is 4.75. The number of amides is 1. The van der Waals surface area contributed by atoms with Crippen LogP contribution >= 0.6 is 24.0 Å². The van der Waals surface area contributed by atoms with E-state index in [0.717, 1.165) is 57.0 Å². The molecule has 1 aromatic carbocycles. The van der Waals surface area contributed by atoms with Crippen LogP contribution in [-0.2, 0) is 11.2 Å². The monoisotopic (exact) mass is 532 g/mol. The molecule has 1 fully saturated rings. The highest BCUT2D eigenvalue weighted by Gasteiger charge is 2.27. The Morgan fingerprint density at radius 1 is 1.23 bits per heavy atom. The van der Waals surface area contributed by atoms with Gasteiger partial charge in [0.15, 0.2) is 5.96 Å². The highest BCUT2D eigenvalue weighted by Crippen LogP contribution is 2.14. The van der Waals surface area contributed by atoms with Crippen LogP contribution in [0.1, 0.15) is 45.6 Å². The van der Waals surface area contributed by atoms with Gasteiger partial charge in [-0.05, 0) is 64.2 Å². The number of hydrogen-bond acceptors (Lipinski definition) is 4. The molecular formula is C22H37IN4O3. The fourth-order valence-electron chi connectivity index (χ4n) is 3.32. The molecule has 1 saturated heterocycles. The molecule has 0 aliphatic carbocycles. The lowest BCUT2D eigenvalue weighted by Gasteiger charge is -2.23. The van der Waals surface area contributed by atoms with E-state index in [1.807, 2.05) is 32.9 Å². The SMILES string of the molecule is CN=C(NCCCCc1ccc(OC)cc1)N1CC[C@@H](NC(=O)OC(C)(C)C)C1.I. The van der Waals surface area contributed by atoms with Gasteiger partial charge in [0.1, 0.15) is 11.4 Å². The van der Waals surface area contributed by atoms with Crippen molar-refractivity contribution in [2.24, 2.45) is 4.99 Å². The molecule has 0 aromatic heterocycles. The van der Waals surface area contributed by atoms with Gasteiger partial charge in [-0.15, -0.1) is 24.0 Å². The number of carbonyl (C=O) groups excluding carboxylic acids is 1. The standard InChI is InChI=1S/C22H36N4O3.HI/c1-22(2,3)29-21(27)25-18-13-15-26(16-18)20(23-4)24-14-7-6-8-17-9-11-19(28-5)12-10-17;/h9-12,18H,6-8,13-16H2,1-5H3,(H,23,24)(H,25,27);1H/t18-;/m1./s1. The van der Waals surface area contributed by atoms with Crippen LogP contribution in [0.4, 0.5) is 4.79 Å². The first-order valence-electron chi connectivity index (χ1n) is 10.4. The summed E-state index contributed by atoms with van der Waals surface area (Å²) in [4.78, 5) is 18.5. The van der Waals surface area contributed by atoms with Gasteiger partial charge in [-0.25, -0.2) is 4.79 Å². The van der Waals surface area contributed by atoms with Gasteiger partial charge in [0.25, 0.3) is 0 Å². The Bertz CT molecular complexity index is 674. The molecular weight excluding hydrogens is 495 g/mol. The second kappa shape index (κ2) is 12.9. The second-order valence-corrected chi connectivity index (χ2v) is 8.36. The fourth-order valence-corrected chi connectivity index (χ4v) is 3.32. The molecule has 0 radical (unpaired) electrons. The van der Waals surface area contributed by atoms with Gasteiger partial charge < -0.3 is 25.0 Å². The molecule has 30 heavy (non-hydrogen) atoms. The first-order valence-corrected chi connectivity index (χ1v) is 10.4. The lowest BCUT2D eigenvalue weighted by atomic mass is 10.1. The molecule has 1 atom stereocenters. The van der Waals surface area contributed by atoms with Gasteiger partial charge >= 0.3 is 6.09 Å². The number of unbranched alkanes of at least 4 members (excludes halogenated alkanes) is 1. The summed E-state index contributed by atoms with van der Waals surface area (Å²) in [5.41, 5.74) is 0.844. The molecule has 1 aliphatic heterocycles. The Morgan fingerprint density at radius 2 is 1.93 bits per heavy atom. The first kappa shape index (κ1) is 26.3. The quantitative estimate of drug-likeness (QED) is 0.242. The van der Waals surface area contributed by atoms with Crippen LogP contribution in [-0.4, -0.2) is 62.4 Å². The van der Waals surface area contributed by atoms with Crippen LogP contribution in [0, 0.1) is 0 Å². The van der Waals surface area contributed by atoms with E-state index in [2.05, 4.69) is 32.7 Å². The van der Waals surface area contributed by atoms with Crippen LogP contribution < -0.4 is 15.4 Å². The van der Waals surface area contributed by atoms with Crippen LogP contribution in [0.3, 0.4) is 0 Å². The molecule has 2 N–H and O–H groups in total. The summed E-state index contributed by atoms with van der Waals surface area (Å²) in [7, 11) is 3.48. The summed E-state index contributed by atoms with van der Waals surface area (Å²) in [5, 5.41) is 6.39. The third-order valence-electron chi connectivity index (χ3n) is 4.75. The Labute approximate surface area is 198 Å². The average Bonchev–Trinajstić information content (AvgIpc) is 3.11. The van der Waals surface area contributed by atoms with E-state index in [0.29, 0.717) is 0 Å². The molecule has 0 bridgehead atoms. The Hall–Kier alpha value is -1.71. The molecule has 8 heteroatoms. The van der Waals surface area contributed by atoms with E-state index >= 15 is 0 Å². The lowest BCUT2D eigenvalue weighted by molar-refractivity contribution is 0.0507. The highest BCUT2D eigenvalue weighted by atomic mass is 127. The molecule has 0 unspecified atom stereocenters. The number of alkyl carbamates (subject to hydrolysis) is 1. The summed E-state index contributed by atoms with van der Waals surface area (Å²) in [5.74, 6) is 1.78. The van der Waals surface area contributed by atoms with Gasteiger partial charge in [-0.2, -0.15) is 0 Å². The van der Waals surface area contributed by atoms with Gasteiger partial charge in [-0.3, -0.25) is 4.99 Å². The van der Waals surface area contributed by atoms with E-state index in [4.69, 9.17) is 9.47 Å². The number of methoxy groups -OCH3 is 1. The normalized spacial score (nSPS) is 16.6. The fraction of sp³-hybridized carbons (Fsp3) is 0.636. The van der Waals surface area contributed by atoms with Gasteiger partial charge in [0.05, 0.1) is 13.2 Å².